The molecule has 0 spiro atoms. The lowest BCUT2D eigenvalue weighted by molar-refractivity contribution is 0.0749. The summed E-state index contributed by atoms with van der Waals surface area (Å²) < 4.78 is 43.2. The Bertz CT molecular complexity index is 724. The average Bonchev–Trinajstić information content (AvgIpc) is 2.63. The summed E-state index contributed by atoms with van der Waals surface area (Å²) in [4.78, 5) is 0. The summed E-state index contributed by atoms with van der Waals surface area (Å²) in [5, 5.41) is 0. The Labute approximate surface area is 153 Å². The highest BCUT2D eigenvalue weighted by atomic mass is 31.2. The molecule has 1 heterocycles. The molecule has 0 fully saturated rings. The molecule has 0 amide bonds. The zero-order chi connectivity index (χ0) is 18.4. The number of para-hydroxylation sites is 4. The molecular formula is C18H22NO6P. The third-order valence-electron chi connectivity index (χ3n) is 3.59. The predicted octanol–water partition coefficient (Wildman–Crippen LogP) is 3.60. The maximum atomic E-state index is 13.4. The van der Waals surface area contributed by atoms with Crippen molar-refractivity contribution < 1.29 is 27.8 Å². The third-order valence-corrected chi connectivity index (χ3v) is 5.42. The molecule has 0 saturated carbocycles. The topological polar surface area (TPSA) is 66.5 Å². The van der Waals surface area contributed by atoms with Crippen molar-refractivity contribution in [1.29, 1.82) is 0 Å². The molecule has 2 aromatic rings. The van der Waals surface area contributed by atoms with Gasteiger partial charge in [-0.2, -0.15) is 4.67 Å². The van der Waals surface area contributed by atoms with E-state index in [-0.39, 0.29) is 0 Å². The molecule has 8 heteroatoms. The summed E-state index contributed by atoms with van der Waals surface area (Å²) in [6, 6.07) is 14.1. The fourth-order valence-electron chi connectivity index (χ4n) is 2.24. The maximum Gasteiger partial charge on any atom is 0.515 e. The van der Waals surface area contributed by atoms with Crippen LogP contribution in [0.4, 0.5) is 0 Å². The molecule has 0 aliphatic carbocycles. The van der Waals surface area contributed by atoms with Crippen LogP contribution in [0, 0.1) is 0 Å². The molecule has 0 saturated heterocycles. The van der Waals surface area contributed by atoms with Gasteiger partial charge in [0.1, 0.15) is 13.2 Å². The fourth-order valence-corrected chi connectivity index (χ4v) is 3.41. The minimum Gasteiger partial charge on any atom is -0.487 e. The van der Waals surface area contributed by atoms with Crippen LogP contribution in [-0.4, -0.2) is 45.2 Å². The van der Waals surface area contributed by atoms with Gasteiger partial charge in [0.05, 0.1) is 13.2 Å². The van der Waals surface area contributed by atoms with Gasteiger partial charge in [-0.1, -0.05) is 24.3 Å². The lowest BCUT2D eigenvalue weighted by Gasteiger charge is -2.26. The van der Waals surface area contributed by atoms with Gasteiger partial charge in [0.25, 0.3) is 0 Å². The molecule has 2 aromatic carbocycles. The van der Waals surface area contributed by atoms with Crippen molar-refractivity contribution in [2.45, 2.75) is 0 Å². The van der Waals surface area contributed by atoms with Crippen LogP contribution in [0.5, 0.6) is 23.0 Å². The standard InChI is InChI=1S/C18H22NO6P/c1-19(2)26(20)24-17-9-5-3-7-15(17)22-13-11-21-12-14-23-16-8-4-6-10-18(16)25-26/h3-10H,11-14H2,1-2H3. The van der Waals surface area contributed by atoms with Gasteiger partial charge in [-0.25, -0.2) is 4.57 Å². The number of hydrogen-bond acceptors (Lipinski definition) is 6. The lowest BCUT2D eigenvalue weighted by Crippen LogP contribution is -2.19. The first kappa shape index (κ1) is 18.6. The van der Waals surface area contributed by atoms with Crippen LogP contribution in [0.1, 0.15) is 0 Å². The molecule has 26 heavy (non-hydrogen) atoms. The maximum absolute atomic E-state index is 13.4. The van der Waals surface area contributed by atoms with Gasteiger partial charge in [-0.15, -0.1) is 0 Å². The van der Waals surface area contributed by atoms with E-state index in [9.17, 15) is 4.57 Å². The Balaban J connectivity index is 1.97. The second kappa shape index (κ2) is 8.45. The second-order valence-corrected chi connectivity index (χ2v) is 7.80. The minimum atomic E-state index is -3.68. The van der Waals surface area contributed by atoms with E-state index in [1.165, 1.54) is 4.67 Å². The van der Waals surface area contributed by atoms with Crippen LogP contribution in [0.3, 0.4) is 0 Å². The van der Waals surface area contributed by atoms with E-state index in [1.54, 1.807) is 50.5 Å². The zero-order valence-electron chi connectivity index (χ0n) is 14.8. The van der Waals surface area contributed by atoms with Gasteiger partial charge in [0.2, 0.25) is 0 Å². The van der Waals surface area contributed by atoms with E-state index in [2.05, 4.69) is 0 Å². The number of benzene rings is 2. The van der Waals surface area contributed by atoms with Crippen molar-refractivity contribution in [3.05, 3.63) is 48.5 Å². The highest BCUT2D eigenvalue weighted by Crippen LogP contribution is 2.53. The van der Waals surface area contributed by atoms with Crippen molar-refractivity contribution in [2.24, 2.45) is 0 Å². The third kappa shape index (κ3) is 4.49. The Morgan fingerprint density at radius 2 is 1.15 bits per heavy atom. The van der Waals surface area contributed by atoms with Crippen LogP contribution in [0.15, 0.2) is 48.5 Å². The summed E-state index contributed by atoms with van der Waals surface area (Å²) in [6.07, 6.45) is 0. The quantitative estimate of drug-likeness (QED) is 0.702. The van der Waals surface area contributed by atoms with Crippen LogP contribution in [-0.2, 0) is 9.30 Å². The lowest BCUT2D eigenvalue weighted by atomic mass is 10.3. The van der Waals surface area contributed by atoms with E-state index in [0.717, 1.165) is 0 Å². The highest BCUT2D eigenvalue weighted by Gasteiger charge is 2.34. The number of hydrogen-bond donors (Lipinski definition) is 0. The molecule has 140 valence electrons. The number of nitrogens with zero attached hydrogens (tertiary/aromatic N) is 1. The molecule has 3 rings (SSSR count). The SMILES string of the molecule is CN(C)P1(=O)Oc2ccccc2OCCOCCOc2ccccc2O1. The first-order chi connectivity index (χ1) is 12.6. The van der Waals surface area contributed by atoms with Crippen molar-refractivity contribution in [1.82, 2.24) is 4.67 Å². The normalized spacial score (nSPS) is 17.3. The Hall–Kier alpha value is -2.21. The first-order valence-corrected chi connectivity index (χ1v) is 9.76. The predicted molar refractivity (Wildman–Crippen MR) is 97.2 cm³/mol. The van der Waals surface area contributed by atoms with E-state index in [1.807, 2.05) is 12.1 Å². The number of fused-ring (bicyclic) bond motifs is 2. The van der Waals surface area contributed by atoms with Gasteiger partial charge in [-0.3, -0.25) is 0 Å². The molecule has 1 aliphatic rings. The summed E-state index contributed by atoms with van der Waals surface area (Å²) in [7, 11) is -0.425. The number of rotatable bonds is 1. The molecule has 0 bridgehead atoms. The Morgan fingerprint density at radius 1 is 0.731 bits per heavy atom. The molecule has 1 aliphatic heterocycles. The molecular weight excluding hydrogens is 357 g/mol. The second-order valence-electron chi connectivity index (χ2n) is 5.70. The van der Waals surface area contributed by atoms with Gasteiger partial charge in [0, 0.05) is 0 Å². The summed E-state index contributed by atoms with van der Waals surface area (Å²) in [6.45, 7) is 1.48. The van der Waals surface area contributed by atoms with Gasteiger partial charge in [0.15, 0.2) is 23.0 Å². The average molecular weight is 379 g/mol. The highest BCUT2D eigenvalue weighted by molar-refractivity contribution is 7.52. The van der Waals surface area contributed by atoms with Crippen molar-refractivity contribution in [3.8, 4) is 23.0 Å². The number of ether oxygens (including phenoxy) is 3. The van der Waals surface area contributed by atoms with E-state index < -0.39 is 7.75 Å². The monoisotopic (exact) mass is 379 g/mol. The Morgan fingerprint density at radius 3 is 1.58 bits per heavy atom. The first-order valence-electron chi connectivity index (χ1n) is 8.27. The van der Waals surface area contributed by atoms with Crippen LogP contribution in [0.2, 0.25) is 0 Å². The van der Waals surface area contributed by atoms with Gasteiger partial charge in [-0.05, 0) is 38.4 Å². The fraction of sp³-hybridized carbons (Fsp3) is 0.333. The summed E-state index contributed by atoms with van der Waals surface area (Å²) >= 11 is 0. The smallest absolute Gasteiger partial charge is 0.487 e. The van der Waals surface area contributed by atoms with Crippen LogP contribution >= 0.6 is 7.75 Å². The van der Waals surface area contributed by atoms with Crippen LogP contribution in [0.25, 0.3) is 0 Å². The summed E-state index contributed by atoms with van der Waals surface area (Å²) in [5.41, 5.74) is 0. The van der Waals surface area contributed by atoms with Gasteiger partial charge >= 0.3 is 7.75 Å². The molecule has 0 radical (unpaired) electrons. The van der Waals surface area contributed by atoms with E-state index >= 15 is 0 Å². The largest absolute Gasteiger partial charge is 0.515 e. The van der Waals surface area contributed by atoms with E-state index in [0.29, 0.717) is 49.4 Å². The molecule has 0 atom stereocenters. The Kier molecular flexibility index (Phi) is 6.04. The molecule has 0 aromatic heterocycles. The minimum absolute atomic E-state index is 0.333. The van der Waals surface area contributed by atoms with Gasteiger partial charge < -0.3 is 23.3 Å². The van der Waals surface area contributed by atoms with Crippen molar-refractivity contribution in [2.75, 3.05) is 40.5 Å². The molecule has 0 N–H and O–H groups in total. The van der Waals surface area contributed by atoms with Crippen LogP contribution < -0.4 is 18.5 Å². The van der Waals surface area contributed by atoms with Crippen molar-refractivity contribution >= 4 is 7.75 Å². The summed E-state index contributed by atoms with van der Waals surface area (Å²) in [5.74, 6) is 1.62. The molecule has 0 unspecified atom stereocenters. The van der Waals surface area contributed by atoms with E-state index in [4.69, 9.17) is 23.3 Å². The molecule has 7 nitrogen and oxygen atoms in total. The van der Waals surface area contributed by atoms with Crippen molar-refractivity contribution in [3.63, 3.8) is 0 Å². The zero-order valence-corrected chi connectivity index (χ0v) is 15.7.